The Balaban J connectivity index is 1.80. The molecule has 1 saturated heterocycles. The smallest absolute Gasteiger partial charge is 0.326 e. The maximum Gasteiger partial charge on any atom is 0.326 e. The van der Waals surface area contributed by atoms with Crippen molar-refractivity contribution in [3.8, 4) is 5.69 Å². The molecule has 21 heavy (non-hydrogen) atoms. The molecule has 0 unspecified atom stereocenters. The fraction of sp³-hybridized carbons (Fsp3) is 0.267. The monoisotopic (exact) mass is 285 g/mol. The predicted octanol–water partition coefficient (Wildman–Crippen LogP) is 1.56. The van der Waals surface area contributed by atoms with Gasteiger partial charge in [-0.3, -0.25) is 4.79 Å². The van der Waals surface area contributed by atoms with Gasteiger partial charge in [-0.15, -0.1) is 0 Å². The minimum Gasteiger partial charge on any atom is -0.480 e. The number of carboxylic acid groups (broad SMARTS) is 1. The molecule has 6 heteroatoms. The quantitative estimate of drug-likeness (QED) is 0.928. The maximum absolute atomic E-state index is 12.4. The Labute approximate surface area is 121 Å². The molecule has 0 bridgehead atoms. The second kappa shape index (κ2) is 5.40. The highest BCUT2D eigenvalue weighted by atomic mass is 16.4. The highest BCUT2D eigenvalue weighted by Crippen LogP contribution is 2.21. The molecule has 2 aromatic rings. The van der Waals surface area contributed by atoms with Crippen LogP contribution in [0.1, 0.15) is 23.2 Å². The molecular weight excluding hydrogens is 270 g/mol. The molecule has 0 radical (unpaired) electrons. The van der Waals surface area contributed by atoms with Crippen LogP contribution >= 0.6 is 0 Å². The summed E-state index contributed by atoms with van der Waals surface area (Å²) >= 11 is 0. The Morgan fingerprint density at radius 1 is 1.24 bits per heavy atom. The zero-order valence-corrected chi connectivity index (χ0v) is 11.3. The van der Waals surface area contributed by atoms with E-state index < -0.39 is 12.0 Å². The van der Waals surface area contributed by atoms with Crippen molar-refractivity contribution in [1.29, 1.82) is 0 Å². The number of carbonyl (C=O) groups excluding carboxylic acids is 1. The Morgan fingerprint density at radius 2 is 2.00 bits per heavy atom. The molecule has 0 saturated carbocycles. The summed E-state index contributed by atoms with van der Waals surface area (Å²) in [6, 6.07) is 8.12. The lowest BCUT2D eigenvalue weighted by atomic mass is 10.1. The van der Waals surface area contributed by atoms with Crippen molar-refractivity contribution < 1.29 is 14.7 Å². The van der Waals surface area contributed by atoms with Gasteiger partial charge in [0.05, 0.1) is 5.69 Å². The molecule has 1 atom stereocenters. The number of hydrogen-bond donors (Lipinski definition) is 1. The van der Waals surface area contributed by atoms with Crippen LogP contribution in [0.25, 0.3) is 5.69 Å². The molecule has 1 aromatic carbocycles. The predicted molar refractivity (Wildman–Crippen MR) is 75.3 cm³/mol. The molecule has 6 nitrogen and oxygen atoms in total. The largest absolute Gasteiger partial charge is 0.480 e. The molecule has 1 amide bonds. The Kier molecular flexibility index (Phi) is 3.43. The molecule has 108 valence electrons. The highest BCUT2D eigenvalue weighted by molar-refractivity contribution is 5.97. The van der Waals surface area contributed by atoms with Crippen LogP contribution in [-0.4, -0.2) is 44.3 Å². The molecule has 3 rings (SSSR count). The van der Waals surface area contributed by atoms with Crippen LogP contribution in [0.5, 0.6) is 0 Å². The van der Waals surface area contributed by atoms with E-state index in [0.717, 1.165) is 12.1 Å². The highest BCUT2D eigenvalue weighted by Gasteiger charge is 2.34. The van der Waals surface area contributed by atoms with Crippen LogP contribution in [0.15, 0.2) is 42.7 Å². The molecule has 0 aliphatic carbocycles. The number of nitrogens with zero attached hydrogens (tertiary/aromatic N) is 3. The lowest BCUT2D eigenvalue weighted by Crippen LogP contribution is -2.40. The van der Waals surface area contributed by atoms with Crippen molar-refractivity contribution >= 4 is 11.9 Å². The molecule has 1 aliphatic heterocycles. The molecular formula is C15H15N3O3. The van der Waals surface area contributed by atoms with E-state index in [1.165, 1.54) is 4.90 Å². The summed E-state index contributed by atoms with van der Waals surface area (Å²) in [6.45, 7) is 0.497. The van der Waals surface area contributed by atoms with Crippen molar-refractivity contribution in [3.05, 3.63) is 48.3 Å². The number of likely N-dealkylation sites (tertiary alicyclic amines) is 1. The van der Waals surface area contributed by atoms with E-state index in [9.17, 15) is 9.59 Å². The van der Waals surface area contributed by atoms with E-state index in [1.54, 1.807) is 35.1 Å². The van der Waals surface area contributed by atoms with Crippen LogP contribution < -0.4 is 0 Å². The Bertz CT molecular complexity index is 649. The van der Waals surface area contributed by atoms with Crippen LogP contribution in [-0.2, 0) is 4.79 Å². The summed E-state index contributed by atoms with van der Waals surface area (Å²) in [6.07, 6.45) is 4.75. The van der Waals surface area contributed by atoms with E-state index in [2.05, 4.69) is 5.10 Å². The normalized spacial score (nSPS) is 17.9. The van der Waals surface area contributed by atoms with Crippen LogP contribution in [0, 0.1) is 0 Å². The number of hydrogen-bond acceptors (Lipinski definition) is 3. The fourth-order valence-electron chi connectivity index (χ4n) is 2.61. The summed E-state index contributed by atoms with van der Waals surface area (Å²) < 4.78 is 1.70. The summed E-state index contributed by atoms with van der Waals surface area (Å²) in [5.41, 5.74) is 1.35. The number of carbonyl (C=O) groups is 2. The summed E-state index contributed by atoms with van der Waals surface area (Å²) in [5, 5.41) is 13.3. The first-order valence-corrected chi connectivity index (χ1v) is 6.80. The molecule has 1 aromatic heterocycles. The summed E-state index contributed by atoms with van der Waals surface area (Å²) in [5.74, 6) is -1.17. The van der Waals surface area contributed by atoms with Crippen molar-refractivity contribution in [2.75, 3.05) is 6.54 Å². The maximum atomic E-state index is 12.4. The second-order valence-corrected chi connectivity index (χ2v) is 4.99. The molecule has 1 aliphatic rings. The second-order valence-electron chi connectivity index (χ2n) is 4.99. The zero-order chi connectivity index (χ0) is 14.8. The third-order valence-electron chi connectivity index (χ3n) is 3.68. The standard InChI is InChI=1S/C15H15N3O3/c19-14(17-9-1-3-13(17)15(20)21)11-4-6-12(7-5-11)18-10-2-8-16-18/h2,4-8,10,13H,1,3,9H2,(H,20,21)/t13-/m0/s1. The van der Waals surface area contributed by atoms with Gasteiger partial charge in [0.15, 0.2) is 0 Å². The minimum atomic E-state index is -0.936. The van der Waals surface area contributed by atoms with Gasteiger partial charge in [-0.05, 0) is 43.2 Å². The fourth-order valence-corrected chi connectivity index (χ4v) is 2.61. The van der Waals surface area contributed by atoms with Gasteiger partial charge < -0.3 is 10.0 Å². The van der Waals surface area contributed by atoms with Crippen molar-refractivity contribution in [2.24, 2.45) is 0 Å². The van der Waals surface area contributed by atoms with Gasteiger partial charge in [-0.25, -0.2) is 9.48 Å². The molecule has 0 spiro atoms. The SMILES string of the molecule is O=C(O)[C@@H]1CCCN1C(=O)c1ccc(-n2cccn2)cc1. The Morgan fingerprint density at radius 3 is 2.62 bits per heavy atom. The van der Waals surface area contributed by atoms with E-state index in [4.69, 9.17) is 5.11 Å². The van der Waals surface area contributed by atoms with Gasteiger partial charge in [0.1, 0.15) is 6.04 Å². The molecule has 1 N–H and O–H groups in total. The summed E-state index contributed by atoms with van der Waals surface area (Å²) in [7, 11) is 0. The van der Waals surface area contributed by atoms with Gasteiger partial charge >= 0.3 is 5.97 Å². The van der Waals surface area contributed by atoms with Crippen LogP contribution in [0.3, 0.4) is 0 Å². The zero-order valence-electron chi connectivity index (χ0n) is 11.3. The number of aromatic nitrogens is 2. The topological polar surface area (TPSA) is 75.4 Å². The third kappa shape index (κ3) is 2.52. The van der Waals surface area contributed by atoms with Gasteiger partial charge in [-0.1, -0.05) is 0 Å². The summed E-state index contributed by atoms with van der Waals surface area (Å²) in [4.78, 5) is 25.0. The van der Waals surface area contributed by atoms with E-state index in [0.29, 0.717) is 18.5 Å². The Hall–Kier alpha value is -2.63. The number of rotatable bonds is 3. The first kappa shape index (κ1) is 13.4. The average Bonchev–Trinajstić information content (AvgIpc) is 3.18. The number of carboxylic acids is 1. The van der Waals surface area contributed by atoms with Crippen molar-refractivity contribution in [3.63, 3.8) is 0 Å². The number of amides is 1. The molecule has 2 heterocycles. The third-order valence-corrected chi connectivity index (χ3v) is 3.68. The van der Waals surface area contributed by atoms with Crippen LogP contribution in [0.2, 0.25) is 0 Å². The number of benzene rings is 1. The minimum absolute atomic E-state index is 0.230. The van der Waals surface area contributed by atoms with Gasteiger partial charge in [0.2, 0.25) is 0 Å². The lowest BCUT2D eigenvalue weighted by molar-refractivity contribution is -0.141. The number of aliphatic carboxylic acids is 1. The van der Waals surface area contributed by atoms with Crippen molar-refractivity contribution in [2.45, 2.75) is 18.9 Å². The van der Waals surface area contributed by atoms with E-state index in [-0.39, 0.29) is 5.91 Å². The molecule has 1 fully saturated rings. The first-order valence-electron chi connectivity index (χ1n) is 6.80. The van der Waals surface area contributed by atoms with Gasteiger partial charge in [-0.2, -0.15) is 5.10 Å². The van der Waals surface area contributed by atoms with Crippen molar-refractivity contribution in [1.82, 2.24) is 14.7 Å². The van der Waals surface area contributed by atoms with Gasteiger partial charge in [0.25, 0.3) is 5.91 Å². The average molecular weight is 285 g/mol. The lowest BCUT2D eigenvalue weighted by Gasteiger charge is -2.21. The first-order chi connectivity index (χ1) is 10.2. The van der Waals surface area contributed by atoms with Crippen LogP contribution in [0.4, 0.5) is 0 Å². The van der Waals surface area contributed by atoms with E-state index >= 15 is 0 Å². The van der Waals surface area contributed by atoms with E-state index in [1.807, 2.05) is 12.3 Å². The van der Waals surface area contributed by atoms with Gasteiger partial charge in [0, 0.05) is 24.5 Å².